The van der Waals surface area contributed by atoms with Gasteiger partial charge in [0.25, 0.3) is 0 Å². The number of amides is 1. The van der Waals surface area contributed by atoms with E-state index in [-0.39, 0.29) is 18.1 Å². The number of carbonyl (C=O) groups excluding carboxylic acids is 1. The van der Waals surface area contributed by atoms with Crippen LogP contribution in [0.3, 0.4) is 0 Å². The van der Waals surface area contributed by atoms with Crippen molar-refractivity contribution in [3.05, 3.63) is 70.8 Å². The van der Waals surface area contributed by atoms with Crippen LogP contribution in [0.25, 0.3) is 11.0 Å². The maximum atomic E-state index is 13.1. The molecule has 10 heteroatoms. The first-order chi connectivity index (χ1) is 20.6. The minimum atomic E-state index is -0.533. The quantitative estimate of drug-likeness (QED) is 0.222. The third-order valence-electron chi connectivity index (χ3n) is 7.63. The van der Waals surface area contributed by atoms with Crippen molar-refractivity contribution >= 4 is 44.6 Å². The number of hydrogen-bond acceptors (Lipinski definition) is 8. The average Bonchev–Trinajstić information content (AvgIpc) is 2.94. The minimum Gasteiger partial charge on any atom is -0.455 e. The predicted octanol–water partition coefficient (Wildman–Crippen LogP) is 8.70. The number of rotatable bonds is 6. The zero-order valence-electron chi connectivity index (χ0n) is 25.4. The number of halogens is 1. The van der Waals surface area contributed by atoms with Crippen molar-refractivity contribution in [2.75, 3.05) is 11.9 Å². The largest absolute Gasteiger partial charge is 0.455 e. The first kappa shape index (κ1) is 30.7. The number of anilines is 2. The Labute approximate surface area is 261 Å². The third kappa shape index (κ3) is 7.60. The Balaban J connectivity index is 1.38. The van der Waals surface area contributed by atoms with Gasteiger partial charge in [-0.05, 0) is 111 Å². The molecule has 1 aromatic carbocycles. The predicted molar refractivity (Wildman–Crippen MR) is 172 cm³/mol. The molecule has 9 nitrogen and oxygen atoms in total. The Bertz CT molecular complexity index is 1580. The maximum absolute atomic E-state index is 13.1. The molecule has 4 aromatic rings. The topological polar surface area (TPSA) is 102 Å². The Hall–Kier alpha value is -3.79. The smallest absolute Gasteiger partial charge is 0.410 e. The number of likely N-dealkylation sites (tertiary alicyclic amines) is 1. The van der Waals surface area contributed by atoms with Crippen LogP contribution in [0.15, 0.2) is 59.6 Å². The zero-order chi connectivity index (χ0) is 30.6. The zero-order valence-corrected chi connectivity index (χ0v) is 27.0. The number of aryl methyl sites for hydroxylation is 1. The van der Waals surface area contributed by atoms with E-state index in [4.69, 9.17) is 14.5 Å². The highest BCUT2D eigenvalue weighted by molar-refractivity contribution is 9.10. The van der Waals surface area contributed by atoms with Gasteiger partial charge in [0.05, 0.1) is 17.4 Å². The fourth-order valence-corrected chi connectivity index (χ4v) is 6.13. The molecule has 1 amide bonds. The maximum Gasteiger partial charge on any atom is 0.410 e. The molecule has 2 atom stereocenters. The van der Waals surface area contributed by atoms with E-state index in [2.05, 4.69) is 43.1 Å². The molecular weight excluding hydrogens is 608 g/mol. The van der Waals surface area contributed by atoms with E-state index in [0.29, 0.717) is 23.6 Å². The lowest BCUT2D eigenvalue weighted by Crippen LogP contribution is -2.44. The van der Waals surface area contributed by atoms with Crippen molar-refractivity contribution in [1.82, 2.24) is 24.8 Å². The van der Waals surface area contributed by atoms with E-state index in [9.17, 15) is 4.79 Å². The number of nitrogens with one attached hydrogen (secondary N) is 1. The van der Waals surface area contributed by atoms with E-state index >= 15 is 0 Å². The molecule has 3 aromatic heterocycles. The van der Waals surface area contributed by atoms with Crippen LogP contribution < -0.4 is 10.1 Å². The standard InChI is InChI=1S/C33H39BrN6O3/c1-6-24-10-7-9-22(14-16-40(24)32(41)43-33(3,4)5)29-26(34)18-27-30(39-29)31(37-20-36-27)38-23-12-13-28(21(2)17-23)42-25-11-8-15-35-19-25/h8,11-13,15,17-20,22,24H,6-7,9-10,14,16H2,1-5H3,(H,36,37,38)/t22?,24-/m1/s1. The number of carbonyl (C=O) groups is 1. The van der Waals surface area contributed by atoms with Crippen LogP contribution in [0.5, 0.6) is 11.5 Å². The van der Waals surface area contributed by atoms with Gasteiger partial charge < -0.3 is 19.7 Å². The van der Waals surface area contributed by atoms with Crippen LogP contribution in [0.2, 0.25) is 0 Å². The molecule has 1 saturated heterocycles. The monoisotopic (exact) mass is 646 g/mol. The molecule has 4 heterocycles. The summed E-state index contributed by atoms with van der Waals surface area (Å²) in [5.74, 6) is 2.24. The van der Waals surface area contributed by atoms with Crippen molar-refractivity contribution in [1.29, 1.82) is 0 Å². The van der Waals surface area contributed by atoms with Crippen LogP contribution in [0.4, 0.5) is 16.3 Å². The SMILES string of the molecule is CC[C@@H]1CCCC(c2nc3c(Nc4ccc(Oc5cccnc5)c(C)c4)ncnc3cc2Br)CCN1C(=O)OC(C)(C)C. The van der Waals surface area contributed by atoms with Crippen LogP contribution in [-0.2, 0) is 4.74 Å². The number of benzene rings is 1. The molecule has 1 fully saturated rings. The summed E-state index contributed by atoms with van der Waals surface area (Å²) in [4.78, 5) is 33.3. The number of ether oxygens (including phenoxy) is 2. The van der Waals surface area contributed by atoms with Crippen molar-refractivity contribution in [2.45, 2.75) is 84.3 Å². The number of hydrogen-bond donors (Lipinski definition) is 1. The van der Waals surface area contributed by atoms with Crippen molar-refractivity contribution < 1.29 is 14.3 Å². The molecule has 1 aliphatic rings. The molecule has 0 radical (unpaired) electrons. The van der Waals surface area contributed by atoms with Gasteiger partial charge in [0.15, 0.2) is 5.82 Å². The Morgan fingerprint density at radius 1 is 1.14 bits per heavy atom. The van der Waals surface area contributed by atoms with Gasteiger partial charge in [0, 0.05) is 34.9 Å². The lowest BCUT2D eigenvalue weighted by atomic mass is 9.89. The molecule has 1 N–H and O–H groups in total. The van der Waals surface area contributed by atoms with Crippen LogP contribution >= 0.6 is 15.9 Å². The van der Waals surface area contributed by atoms with E-state index in [1.807, 2.05) is 69.0 Å². The molecular formula is C33H39BrN6O3. The molecule has 5 rings (SSSR count). The van der Waals surface area contributed by atoms with Crippen LogP contribution in [0.1, 0.15) is 77.0 Å². The summed E-state index contributed by atoms with van der Waals surface area (Å²) in [5, 5.41) is 3.44. The first-order valence-electron chi connectivity index (χ1n) is 14.9. The second kappa shape index (κ2) is 13.2. The summed E-state index contributed by atoms with van der Waals surface area (Å²) >= 11 is 3.78. The van der Waals surface area contributed by atoms with Crippen molar-refractivity contribution in [3.63, 3.8) is 0 Å². The summed E-state index contributed by atoms with van der Waals surface area (Å²) in [6, 6.07) is 11.8. The normalized spacial score (nSPS) is 17.7. The molecule has 1 aliphatic heterocycles. The Kier molecular flexibility index (Phi) is 9.44. The summed E-state index contributed by atoms with van der Waals surface area (Å²) in [6.07, 6.45) is 9.34. The van der Waals surface area contributed by atoms with E-state index in [1.54, 1.807) is 18.7 Å². The van der Waals surface area contributed by atoms with Gasteiger partial charge in [-0.2, -0.15) is 0 Å². The summed E-state index contributed by atoms with van der Waals surface area (Å²) < 4.78 is 12.7. The highest BCUT2D eigenvalue weighted by atomic mass is 79.9. The lowest BCUT2D eigenvalue weighted by Gasteiger charge is -2.36. The second-order valence-corrected chi connectivity index (χ2v) is 12.8. The molecule has 226 valence electrons. The molecule has 43 heavy (non-hydrogen) atoms. The van der Waals surface area contributed by atoms with E-state index in [0.717, 1.165) is 64.8 Å². The van der Waals surface area contributed by atoms with E-state index in [1.165, 1.54) is 0 Å². The lowest BCUT2D eigenvalue weighted by molar-refractivity contribution is 0.0122. The molecule has 0 spiro atoms. The van der Waals surface area contributed by atoms with Gasteiger partial charge in [0.2, 0.25) is 0 Å². The molecule has 0 aliphatic carbocycles. The minimum absolute atomic E-state index is 0.167. The molecule has 0 saturated carbocycles. The summed E-state index contributed by atoms with van der Waals surface area (Å²) in [7, 11) is 0. The van der Waals surface area contributed by atoms with E-state index < -0.39 is 5.60 Å². The first-order valence-corrected chi connectivity index (χ1v) is 15.7. The van der Waals surface area contributed by atoms with Gasteiger partial charge in [-0.3, -0.25) is 4.98 Å². The van der Waals surface area contributed by atoms with Crippen LogP contribution in [0, 0.1) is 6.92 Å². The summed E-state index contributed by atoms with van der Waals surface area (Å²) in [6.45, 7) is 10.5. The fourth-order valence-electron chi connectivity index (χ4n) is 5.50. The number of nitrogens with zero attached hydrogens (tertiary/aromatic N) is 5. The highest BCUT2D eigenvalue weighted by Crippen LogP contribution is 2.36. The van der Waals surface area contributed by atoms with Crippen molar-refractivity contribution in [3.8, 4) is 11.5 Å². The van der Waals surface area contributed by atoms with Gasteiger partial charge in [-0.25, -0.2) is 19.7 Å². The van der Waals surface area contributed by atoms with Gasteiger partial charge in [-0.15, -0.1) is 0 Å². The van der Waals surface area contributed by atoms with Crippen LogP contribution in [-0.4, -0.2) is 49.1 Å². The van der Waals surface area contributed by atoms with Gasteiger partial charge in [0.1, 0.15) is 28.9 Å². The average molecular weight is 648 g/mol. The Morgan fingerprint density at radius 3 is 2.70 bits per heavy atom. The number of pyridine rings is 2. The van der Waals surface area contributed by atoms with Crippen molar-refractivity contribution in [2.24, 2.45) is 0 Å². The molecule has 0 bridgehead atoms. The number of fused-ring (bicyclic) bond motifs is 1. The molecule has 1 unspecified atom stereocenters. The fraction of sp³-hybridized carbons (Fsp3) is 0.424. The van der Waals surface area contributed by atoms with Gasteiger partial charge in [-0.1, -0.05) is 13.3 Å². The second-order valence-electron chi connectivity index (χ2n) is 12.0. The van der Waals surface area contributed by atoms with Gasteiger partial charge >= 0.3 is 6.09 Å². The highest BCUT2D eigenvalue weighted by Gasteiger charge is 2.31. The summed E-state index contributed by atoms with van der Waals surface area (Å²) in [5.41, 5.74) is 3.71. The third-order valence-corrected chi connectivity index (χ3v) is 8.26. The number of aromatic nitrogens is 4. The Morgan fingerprint density at radius 2 is 1.98 bits per heavy atom.